The van der Waals surface area contributed by atoms with Crippen molar-refractivity contribution in [1.82, 2.24) is 4.90 Å². The first-order valence-corrected chi connectivity index (χ1v) is 7.42. The SMILES string of the molecule is C[C@@H]1CN(C(=O)c2coc(C(N)=O)c2)[C@H](c2ccccc2)CO1. The smallest absolute Gasteiger partial charge is 0.284 e. The summed E-state index contributed by atoms with van der Waals surface area (Å²) in [6, 6.07) is 10.9. The first-order chi connectivity index (χ1) is 11.1. The van der Waals surface area contributed by atoms with Crippen molar-refractivity contribution in [2.45, 2.75) is 19.1 Å². The van der Waals surface area contributed by atoms with Gasteiger partial charge in [-0.2, -0.15) is 0 Å². The summed E-state index contributed by atoms with van der Waals surface area (Å²) in [5, 5.41) is 0. The average molecular weight is 314 g/mol. The third-order valence-corrected chi connectivity index (χ3v) is 3.90. The highest BCUT2D eigenvalue weighted by atomic mass is 16.5. The van der Waals surface area contributed by atoms with Gasteiger partial charge in [0, 0.05) is 12.6 Å². The standard InChI is InChI=1S/C17H18N2O4/c1-11-8-19(14(10-22-11)12-5-3-2-4-6-12)17(21)13-7-15(16(18)20)23-9-13/h2-7,9,11,14H,8,10H2,1H3,(H2,18,20)/t11-,14+/m1/s1. The number of rotatable bonds is 3. The van der Waals surface area contributed by atoms with Crippen molar-refractivity contribution in [3.05, 3.63) is 59.5 Å². The minimum absolute atomic E-state index is 0.0223. The van der Waals surface area contributed by atoms with Crippen molar-refractivity contribution in [1.29, 1.82) is 0 Å². The molecule has 23 heavy (non-hydrogen) atoms. The van der Waals surface area contributed by atoms with Gasteiger partial charge in [0.1, 0.15) is 6.26 Å². The Bertz CT molecular complexity index is 710. The molecule has 3 rings (SSSR count). The molecule has 1 aromatic heterocycles. The van der Waals surface area contributed by atoms with E-state index in [1.807, 2.05) is 37.3 Å². The number of benzene rings is 1. The molecule has 1 aromatic carbocycles. The van der Waals surface area contributed by atoms with E-state index in [0.29, 0.717) is 18.7 Å². The molecule has 1 aliphatic heterocycles. The Labute approximate surface area is 133 Å². The lowest BCUT2D eigenvalue weighted by Crippen LogP contribution is -2.46. The van der Waals surface area contributed by atoms with Crippen LogP contribution in [-0.4, -0.2) is 36.0 Å². The Morgan fingerprint density at radius 3 is 2.65 bits per heavy atom. The fourth-order valence-corrected chi connectivity index (χ4v) is 2.72. The van der Waals surface area contributed by atoms with E-state index in [0.717, 1.165) is 5.56 Å². The molecule has 2 atom stereocenters. The van der Waals surface area contributed by atoms with E-state index < -0.39 is 5.91 Å². The maximum absolute atomic E-state index is 12.8. The third-order valence-electron chi connectivity index (χ3n) is 3.90. The number of morpholine rings is 1. The first kappa shape index (κ1) is 15.3. The molecule has 6 heteroatoms. The number of hydrogen-bond donors (Lipinski definition) is 1. The largest absolute Gasteiger partial charge is 0.458 e. The van der Waals surface area contributed by atoms with Crippen molar-refractivity contribution in [3.8, 4) is 0 Å². The number of ether oxygens (including phenoxy) is 1. The van der Waals surface area contributed by atoms with Gasteiger partial charge in [-0.15, -0.1) is 0 Å². The monoisotopic (exact) mass is 314 g/mol. The van der Waals surface area contributed by atoms with Gasteiger partial charge < -0.3 is 19.8 Å². The molecule has 0 radical (unpaired) electrons. The van der Waals surface area contributed by atoms with Gasteiger partial charge >= 0.3 is 0 Å². The molecule has 1 saturated heterocycles. The normalized spacial score (nSPS) is 21.2. The molecule has 1 aliphatic rings. The Morgan fingerprint density at radius 2 is 2.00 bits per heavy atom. The predicted octanol–water partition coefficient (Wildman–Crippen LogP) is 1.98. The lowest BCUT2D eigenvalue weighted by atomic mass is 10.0. The molecule has 2 aromatic rings. The summed E-state index contributed by atoms with van der Waals surface area (Å²) in [6.07, 6.45) is 1.21. The number of primary amides is 1. The Hall–Kier alpha value is -2.60. The van der Waals surface area contributed by atoms with Crippen molar-refractivity contribution >= 4 is 11.8 Å². The van der Waals surface area contributed by atoms with E-state index in [1.165, 1.54) is 12.3 Å². The number of carbonyl (C=O) groups is 2. The number of nitrogens with zero attached hydrogens (tertiary/aromatic N) is 1. The minimum atomic E-state index is -0.695. The fraction of sp³-hybridized carbons (Fsp3) is 0.294. The Kier molecular flexibility index (Phi) is 4.16. The van der Waals surface area contributed by atoms with Crippen LogP contribution in [0.15, 0.2) is 47.1 Å². The summed E-state index contributed by atoms with van der Waals surface area (Å²) in [5.74, 6) is -0.921. The van der Waals surface area contributed by atoms with Crippen molar-refractivity contribution in [2.75, 3.05) is 13.2 Å². The predicted molar refractivity (Wildman–Crippen MR) is 82.9 cm³/mol. The van der Waals surface area contributed by atoms with Crippen LogP contribution in [0, 0.1) is 0 Å². The molecule has 6 nitrogen and oxygen atoms in total. The van der Waals surface area contributed by atoms with E-state index in [2.05, 4.69) is 0 Å². The van der Waals surface area contributed by atoms with Crippen LogP contribution in [0.5, 0.6) is 0 Å². The highest BCUT2D eigenvalue weighted by molar-refractivity contribution is 5.98. The van der Waals surface area contributed by atoms with Crippen LogP contribution >= 0.6 is 0 Å². The van der Waals surface area contributed by atoms with Crippen LogP contribution in [0.4, 0.5) is 0 Å². The third kappa shape index (κ3) is 3.12. The zero-order valence-corrected chi connectivity index (χ0v) is 12.8. The second kappa shape index (κ2) is 6.26. The van der Waals surface area contributed by atoms with E-state index in [-0.39, 0.29) is 23.8 Å². The van der Waals surface area contributed by atoms with Gasteiger partial charge in [0.25, 0.3) is 11.8 Å². The van der Waals surface area contributed by atoms with Crippen LogP contribution in [0.25, 0.3) is 0 Å². The second-order valence-corrected chi connectivity index (χ2v) is 5.59. The minimum Gasteiger partial charge on any atom is -0.458 e. The second-order valence-electron chi connectivity index (χ2n) is 5.59. The van der Waals surface area contributed by atoms with Gasteiger partial charge in [-0.25, -0.2) is 0 Å². The number of furan rings is 1. The molecule has 0 aliphatic carbocycles. The average Bonchev–Trinajstić information content (AvgIpc) is 3.05. The van der Waals surface area contributed by atoms with Crippen LogP contribution in [0.2, 0.25) is 0 Å². The van der Waals surface area contributed by atoms with Gasteiger partial charge in [-0.05, 0) is 12.5 Å². The molecular weight excluding hydrogens is 296 g/mol. The van der Waals surface area contributed by atoms with Gasteiger partial charge in [0.05, 0.1) is 24.3 Å². The lowest BCUT2D eigenvalue weighted by molar-refractivity contribution is -0.0447. The first-order valence-electron chi connectivity index (χ1n) is 7.42. The number of carbonyl (C=O) groups excluding carboxylic acids is 2. The van der Waals surface area contributed by atoms with E-state index in [9.17, 15) is 9.59 Å². The molecule has 0 saturated carbocycles. The Balaban J connectivity index is 1.89. The molecule has 0 spiro atoms. The number of amides is 2. The maximum Gasteiger partial charge on any atom is 0.284 e. The van der Waals surface area contributed by atoms with Crippen LogP contribution in [-0.2, 0) is 4.74 Å². The topological polar surface area (TPSA) is 85.8 Å². The van der Waals surface area contributed by atoms with Crippen molar-refractivity contribution < 1.29 is 18.7 Å². The molecule has 0 bridgehead atoms. The summed E-state index contributed by atoms with van der Waals surface area (Å²) in [6.45, 7) is 2.82. The zero-order chi connectivity index (χ0) is 16.4. The quantitative estimate of drug-likeness (QED) is 0.938. The van der Waals surface area contributed by atoms with Crippen molar-refractivity contribution in [2.24, 2.45) is 5.73 Å². The highest BCUT2D eigenvalue weighted by Crippen LogP contribution is 2.28. The molecular formula is C17H18N2O4. The van der Waals surface area contributed by atoms with Crippen molar-refractivity contribution in [3.63, 3.8) is 0 Å². The molecule has 2 N–H and O–H groups in total. The van der Waals surface area contributed by atoms with Gasteiger partial charge in [-0.1, -0.05) is 30.3 Å². The van der Waals surface area contributed by atoms with E-state index in [1.54, 1.807) is 4.90 Å². The summed E-state index contributed by atoms with van der Waals surface area (Å²) in [7, 11) is 0. The van der Waals surface area contributed by atoms with Gasteiger partial charge in [-0.3, -0.25) is 9.59 Å². The number of hydrogen-bond acceptors (Lipinski definition) is 4. The summed E-state index contributed by atoms with van der Waals surface area (Å²) in [5.41, 5.74) is 6.49. The molecule has 2 heterocycles. The molecule has 2 amide bonds. The highest BCUT2D eigenvalue weighted by Gasteiger charge is 2.33. The van der Waals surface area contributed by atoms with E-state index in [4.69, 9.17) is 14.9 Å². The van der Waals surface area contributed by atoms with E-state index >= 15 is 0 Å². The van der Waals surface area contributed by atoms with Crippen LogP contribution in [0.3, 0.4) is 0 Å². The maximum atomic E-state index is 12.8. The van der Waals surface area contributed by atoms with Crippen LogP contribution in [0.1, 0.15) is 39.4 Å². The fourth-order valence-electron chi connectivity index (χ4n) is 2.72. The zero-order valence-electron chi connectivity index (χ0n) is 12.8. The molecule has 0 unspecified atom stereocenters. The molecule has 120 valence electrons. The van der Waals surface area contributed by atoms with Gasteiger partial charge in [0.15, 0.2) is 5.76 Å². The van der Waals surface area contributed by atoms with Gasteiger partial charge in [0.2, 0.25) is 0 Å². The van der Waals surface area contributed by atoms with Crippen LogP contribution < -0.4 is 5.73 Å². The Morgan fingerprint density at radius 1 is 1.26 bits per heavy atom. The summed E-state index contributed by atoms with van der Waals surface area (Å²) < 4.78 is 10.8. The molecule has 1 fully saturated rings. The summed E-state index contributed by atoms with van der Waals surface area (Å²) >= 11 is 0. The summed E-state index contributed by atoms with van der Waals surface area (Å²) in [4.78, 5) is 25.7. The number of nitrogens with two attached hydrogens (primary N) is 1. The lowest BCUT2D eigenvalue weighted by Gasteiger charge is -2.38.